The zero-order valence-electron chi connectivity index (χ0n) is 16.9. The summed E-state index contributed by atoms with van der Waals surface area (Å²) < 4.78 is 5.15. The Morgan fingerprint density at radius 1 is 1.00 bits per heavy atom. The van der Waals surface area contributed by atoms with Gasteiger partial charge in [0, 0.05) is 53.7 Å². The van der Waals surface area contributed by atoms with Gasteiger partial charge in [-0.2, -0.15) is 0 Å². The Labute approximate surface area is 185 Å². The minimum atomic E-state index is -0.645. The molecule has 0 unspecified atom stereocenters. The van der Waals surface area contributed by atoms with E-state index in [4.69, 9.17) is 16.3 Å². The highest BCUT2D eigenvalue weighted by Crippen LogP contribution is 2.30. The maximum atomic E-state index is 12.5. The molecule has 31 heavy (non-hydrogen) atoms. The number of nitrogens with zero attached hydrogens (tertiary/aromatic N) is 3. The van der Waals surface area contributed by atoms with Gasteiger partial charge in [-0.15, -0.1) is 0 Å². The molecule has 2 heterocycles. The van der Waals surface area contributed by atoms with E-state index >= 15 is 0 Å². The largest absolute Gasteiger partial charge is 0.454 e. The Bertz CT molecular complexity index is 1010. The van der Waals surface area contributed by atoms with Crippen LogP contribution in [0.15, 0.2) is 55.1 Å². The molecule has 2 aliphatic heterocycles. The van der Waals surface area contributed by atoms with E-state index in [1.165, 1.54) is 4.90 Å². The monoisotopic (exact) mass is 439 g/mol. The Balaban J connectivity index is 1.25. The molecule has 0 bridgehead atoms. The van der Waals surface area contributed by atoms with Crippen LogP contribution in [0, 0.1) is 0 Å². The summed E-state index contributed by atoms with van der Waals surface area (Å²) in [5, 5.41) is 0.671. The molecule has 0 atom stereocenters. The van der Waals surface area contributed by atoms with Crippen molar-refractivity contribution in [2.75, 3.05) is 44.2 Å². The van der Waals surface area contributed by atoms with E-state index in [0.717, 1.165) is 5.69 Å². The second-order valence-electron chi connectivity index (χ2n) is 7.39. The maximum absolute atomic E-state index is 12.5. The predicted molar refractivity (Wildman–Crippen MR) is 118 cm³/mol. The van der Waals surface area contributed by atoms with E-state index in [2.05, 4.69) is 11.5 Å². The fourth-order valence-electron chi connectivity index (χ4n) is 3.80. The standard InChI is InChI=1S/C23H22ClN3O4/c1-16-19-7-2-3-8-20(19)23(30)27(16)14-22(29)31-15-21(28)26-11-9-25(10-12-26)18-6-4-5-17(24)13-18/h2-8,13H,1,9-12,14-15H2. The number of fused-ring (bicyclic) bond motifs is 1. The summed E-state index contributed by atoms with van der Waals surface area (Å²) in [6.07, 6.45) is 0. The summed E-state index contributed by atoms with van der Waals surface area (Å²) in [6, 6.07) is 14.6. The first kappa shape index (κ1) is 20.9. The van der Waals surface area contributed by atoms with Crippen LogP contribution in [0.25, 0.3) is 5.70 Å². The maximum Gasteiger partial charge on any atom is 0.326 e. The molecule has 2 aromatic rings. The van der Waals surface area contributed by atoms with Crippen molar-refractivity contribution in [1.29, 1.82) is 0 Å². The molecular formula is C23H22ClN3O4. The number of carbonyl (C=O) groups excluding carboxylic acids is 3. The normalized spacial score (nSPS) is 15.8. The van der Waals surface area contributed by atoms with Gasteiger partial charge in [-0.25, -0.2) is 0 Å². The molecule has 0 aromatic heterocycles. The molecule has 0 saturated carbocycles. The fraction of sp³-hybridized carbons (Fsp3) is 0.261. The lowest BCUT2D eigenvalue weighted by molar-refractivity contribution is -0.152. The highest BCUT2D eigenvalue weighted by molar-refractivity contribution is 6.30. The number of ether oxygens (including phenoxy) is 1. The van der Waals surface area contributed by atoms with Gasteiger partial charge in [-0.1, -0.05) is 42.4 Å². The number of benzene rings is 2. The van der Waals surface area contributed by atoms with Crippen molar-refractivity contribution in [3.8, 4) is 0 Å². The number of carbonyl (C=O) groups is 3. The summed E-state index contributed by atoms with van der Waals surface area (Å²) in [6.45, 7) is 5.66. The average molecular weight is 440 g/mol. The molecule has 0 N–H and O–H groups in total. The summed E-state index contributed by atoms with van der Waals surface area (Å²) in [4.78, 5) is 42.3. The SMILES string of the molecule is C=C1c2ccccc2C(=O)N1CC(=O)OCC(=O)N1CCN(c2cccc(Cl)c2)CC1. The Kier molecular flexibility index (Phi) is 5.95. The topological polar surface area (TPSA) is 70.2 Å². The number of hydrogen-bond donors (Lipinski definition) is 0. The number of halogens is 1. The van der Waals surface area contributed by atoms with Crippen LogP contribution in [0.4, 0.5) is 5.69 Å². The number of piperazine rings is 1. The van der Waals surface area contributed by atoms with E-state index in [9.17, 15) is 14.4 Å². The number of esters is 1. The van der Waals surface area contributed by atoms with Crippen LogP contribution in [0.5, 0.6) is 0 Å². The van der Waals surface area contributed by atoms with E-state index in [1.54, 1.807) is 23.1 Å². The molecule has 4 rings (SSSR count). The van der Waals surface area contributed by atoms with Gasteiger partial charge in [0.05, 0.1) is 0 Å². The molecule has 2 aliphatic rings. The van der Waals surface area contributed by atoms with E-state index < -0.39 is 5.97 Å². The third-order valence-electron chi connectivity index (χ3n) is 5.49. The smallest absolute Gasteiger partial charge is 0.326 e. The van der Waals surface area contributed by atoms with Gasteiger partial charge in [0.1, 0.15) is 6.54 Å². The van der Waals surface area contributed by atoms with E-state index in [-0.39, 0.29) is 25.0 Å². The third kappa shape index (κ3) is 4.41. The quantitative estimate of drug-likeness (QED) is 0.670. The first-order valence-corrected chi connectivity index (χ1v) is 10.4. The van der Waals surface area contributed by atoms with Crippen molar-refractivity contribution in [3.05, 3.63) is 71.3 Å². The lowest BCUT2D eigenvalue weighted by Crippen LogP contribution is -2.50. The summed E-state index contributed by atoms with van der Waals surface area (Å²) in [7, 11) is 0. The molecular weight excluding hydrogens is 418 g/mol. The van der Waals surface area contributed by atoms with Crippen molar-refractivity contribution in [3.63, 3.8) is 0 Å². The molecule has 8 heteroatoms. The van der Waals surface area contributed by atoms with Crippen molar-refractivity contribution in [2.24, 2.45) is 0 Å². The Morgan fingerprint density at radius 2 is 1.71 bits per heavy atom. The van der Waals surface area contributed by atoms with Crippen molar-refractivity contribution >= 4 is 40.8 Å². The summed E-state index contributed by atoms with van der Waals surface area (Å²) in [5.41, 5.74) is 2.69. The first-order valence-electron chi connectivity index (χ1n) is 9.98. The van der Waals surface area contributed by atoms with Gasteiger partial charge in [0.25, 0.3) is 11.8 Å². The molecule has 0 radical (unpaired) electrons. The second kappa shape index (κ2) is 8.81. The molecule has 1 fully saturated rings. The predicted octanol–water partition coefficient (Wildman–Crippen LogP) is 2.66. The molecule has 1 saturated heterocycles. The fourth-order valence-corrected chi connectivity index (χ4v) is 3.98. The minimum absolute atomic E-state index is 0.256. The van der Waals surface area contributed by atoms with Crippen molar-refractivity contribution in [2.45, 2.75) is 0 Å². The van der Waals surface area contributed by atoms with Crippen LogP contribution in [-0.2, 0) is 14.3 Å². The van der Waals surface area contributed by atoms with Crippen LogP contribution in [0.3, 0.4) is 0 Å². The molecule has 2 aromatic carbocycles. The van der Waals surface area contributed by atoms with Crippen LogP contribution < -0.4 is 4.90 Å². The number of rotatable bonds is 5. The van der Waals surface area contributed by atoms with Crippen LogP contribution in [0.2, 0.25) is 5.02 Å². The second-order valence-corrected chi connectivity index (χ2v) is 7.83. The van der Waals surface area contributed by atoms with Crippen LogP contribution in [-0.4, -0.2) is 66.9 Å². The van der Waals surface area contributed by atoms with Gasteiger partial charge < -0.3 is 14.5 Å². The summed E-state index contributed by atoms with van der Waals surface area (Å²) in [5.74, 6) is -1.19. The van der Waals surface area contributed by atoms with Gasteiger partial charge in [0.15, 0.2) is 6.61 Å². The van der Waals surface area contributed by atoms with Gasteiger partial charge in [-0.3, -0.25) is 19.3 Å². The van der Waals surface area contributed by atoms with Crippen LogP contribution in [0.1, 0.15) is 15.9 Å². The minimum Gasteiger partial charge on any atom is -0.454 e. The molecule has 7 nitrogen and oxygen atoms in total. The zero-order chi connectivity index (χ0) is 22.0. The van der Waals surface area contributed by atoms with E-state index in [0.29, 0.717) is 48.0 Å². The third-order valence-corrected chi connectivity index (χ3v) is 5.72. The highest BCUT2D eigenvalue weighted by atomic mass is 35.5. The molecule has 160 valence electrons. The Hall–Kier alpha value is -3.32. The summed E-state index contributed by atoms with van der Waals surface area (Å²) >= 11 is 6.05. The number of anilines is 1. The van der Waals surface area contributed by atoms with Gasteiger partial charge in [-0.05, 0) is 24.3 Å². The highest BCUT2D eigenvalue weighted by Gasteiger charge is 2.32. The zero-order valence-corrected chi connectivity index (χ0v) is 17.7. The van der Waals surface area contributed by atoms with Gasteiger partial charge >= 0.3 is 5.97 Å². The first-order chi connectivity index (χ1) is 14.9. The lowest BCUT2D eigenvalue weighted by Gasteiger charge is -2.36. The number of hydrogen-bond acceptors (Lipinski definition) is 5. The number of amides is 2. The molecule has 2 amide bonds. The van der Waals surface area contributed by atoms with Gasteiger partial charge in [0.2, 0.25) is 0 Å². The molecule has 0 spiro atoms. The van der Waals surface area contributed by atoms with Crippen molar-refractivity contribution < 1.29 is 19.1 Å². The Morgan fingerprint density at radius 3 is 2.39 bits per heavy atom. The van der Waals surface area contributed by atoms with E-state index in [1.807, 2.05) is 30.3 Å². The average Bonchev–Trinajstić information content (AvgIpc) is 3.02. The van der Waals surface area contributed by atoms with Crippen molar-refractivity contribution in [1.82, 2.24) is 9.80 Å². The van der Waals surface area contributed by atoms with Crippen LogP contribution >= 0.6 is 11.6 Å². The molecule has 0 aliphatic carbocycles. The lowest BCUT2D eigenvalue weighted by atomic mass is 10.1.